The second-order valence-electron chi connectivity index (χ2n) is 13.0. The highest BCUT2D eigenvalue weighted by Gasteiger charge is 2.18. The summed E-state index contributed by atoms with van der Waals surface area (Å²) >= 11 is 0. The molecule has 0 amide bonds. The number of hydrogen-bond acceptors (Lipinski definition) is 5. The summed E-state index contributed by atoms with van der Waals surface area (Å²) in [6, 6.07) is 0. The van der Waals surface area contributed by atoms with E-state index in [1.807, 2.05) is 7.05 Å². The van der Waals surface area contributed by atoms with E-state index in [1.54, 1.807) is 0 Å². The Morgan fingerprint density at radius 2 is 0.800 bits per heavy atom. The minimum absolute atomic E-state index is 0.262. The number of ether oxygens (including phenoxy) is 2. The second kappa shape index (κ2) is 36.8. The fourth-order valence-corrected chi connectivity index (χ4v) is 5.50. The van der Waals surface area contributed by atoms with Gasteiger partial charge in [-0.15, -0.1) is 0 Å². The number of nitrogens with one attached hydrogen (secondary N) is 1. The standard InChI is InChI=1S/C40H75NO4/c1-4-6-8-10-12-14-16-18-20-22-24-26-28-30-32-34-38(42)44-40(36-37-41-3)45-39(43)35-33-31-29-27-25-23-21-19-17-15-13-11-9-7-5-2/h18-21,40-41H,4-17,22-37H2,1-3H3. The van der Waals surface area contributed by atoms with E-state index in [9.17, 15) is 9.59 Å². The van der Waals surface area contributed by atoms with Gasteiger partial charge in [-0.3, -0.25) is 9.59 Å². The molecule has 0 spiro atoms. The zero-order chi connectivity index (χ0) is 32.9. The summed E-state index contributed by atoms with van der Waals surface area (Å²) in [5.41, 5.74) is 0. The largest absolute Gasteiger partial charge is 0.425 e. The van der Waals surface area contributed by atoms with Crippen LogP contribution in [0.2, 0.25) is 0 Å². The highest BCUT2D eigenvalue weighted by molar-refractivity contribution is 5.71. The van der Waals surface area contributed by atoms with Crippen LogP contribution in [0, 0.1) is 0 Å². The Morgan fingerprint density at radius 1 is 0.489 bits per heavy atom. The summed E-state index contributed by atoms with van der Waals surface area (Å²) < 4.78 is 11.1. The van der Waals surface area contributed by atoms with Crippen molar-refractivity contribution in [2.45, 2.75) is 206 Å². The minimum atomic E-state index is -0.788. The van der Waals surface area contributed by atoms with Gasteiger partial charge in [-0.05, 0) is 71.3 Å². The van der Waals surface area contributed by atoms with Gasteiger partial charge in [0, 0.05) is 25.8 Å². The maximum atomic E-state index is 12.4. The van der Waals surface area contributed by atoms with E-state index >= 15 is 0 Å². The molecule has 0 aromatic carbocycles. The Labute approximate surface area is 280 Å². The number of carbonyl (C=O) groups is 2. The molecule has 5 nitrogen and oxygen atoms in total. The fraction of sp³-hybridized carbons (Fsp3) is 0.850. The monoisotopic (exact) mass is 634 g/mol. The van der Waals surface area contributed by atoms with Crippen LogP contribution in [0.1, 0.15) is 200 Å². The smallest absolute Gasteiger partial charge is 0.308 e. The average molecular weight is 634 g/mol. The molecule has 0 aliphatic heterocycles. The minimum Gasteiger partial charge on any atom is -0.425 e. The summed E-state index contributed by atoms with van der Waals surface area (Å²) in [6.45, 7) is 5.16. The first kappa shape index (κ1) is 43.4. The number of allylic oxidation sites excluding steroid dienone is 4. The van der Waals surface area contributed by atoms with Gasteiger partial charge in [0.15, 0.2) is 0 Å². The Hall–Kier alpha value is -1.62. The lowest BCUT2D eigenvalue weighted by Crippen LogP contribution is -2.28. The van der Waals surface area contributed by atoms with Crippen LogP contribution in [0.3, 0.4) is 0 Å². The van der Waals surface area contributed by atoms with E-state index in [0.717, 1.165) is 51.4 Å². The van der Waals surface area contributed by atoms with Gasteiger partial charge < -0.3 is 14.8 Å². The number of carbonyl (C=O) groups excluding carboxylic acids is 2. The van der Waals surface area contributed by atoms with Gasteiger partial charge in [0.25, 0.3) is 0 Å². The molecule has 0 aromatic rings. The van der Waals surface area contributed by atoms with Gasteiger partial charge in [0.05, 0.1) is 0 Å². The molecule has 45 heavy (non-hydrogen) atoms. The Balaban J connectivity index is 3.79. The van der Waals surface area contributed by atoms with Crippen molar-refractivity contribution in [3.05, 3.63) is 24.3 Å². The van der Waals surface area contributed by atoms with Crippen LogP contribution >= 0.6 is 0 Å². The number of hydrogen-bond donors (Lipinski definition) is 1. The van der Waals surface area contributed by atoms with Crippen molar-refractivity contribution in [1.82, 2.24) is 5.32 Å². The Bertz CT molecular complexity index is 636. The zero-order valence-corrected chi connectivity index (χ0v) is 30.2. The molecule has 0 aromatic heterocycles. The van der Waals surface area contributed by atoms with Gasteiger partial charge in [-0.25, -0.2) is 0 Å². The van der Waals surface area contributed by atoms with Crippen LogP contribution < -0.4 is 5.32 Å². The summed E-state index contributed by atoms with van der Waals surface area (Å²) in [4.78, 5) is 24.8. The molecule has 0 aliphatic carbocycles. The fourth-order valence-electron chi connectivity index (χ4n) is 5.50. The first-order valence-corrected chi connectivity index (χ1v) is 19.5. The lowest BCUT2D eigenvalue weighted by molar-refractivity contribution is -0.188. The normalized spacial score (nSPS) is 12.3. The maximum Gasteiger partial charge on any atom is 0.308 e. The van der Waals surface area contributed by atoms with Crippen molar-refractivity contribution in [1.29, 1.82) is 0 Å². The third kappa shape index (κ3) is 35.1. The second-order valence-corrected chi connectivity index (χ2v) is 13.0. The van der Waals surface area contributed by atoms with Gasteiger partial charge >= 0.3 is 11.9 Å². The van der Waals surface area contributed by atoms with Crippen LogP contribution in [0.25, 0.3) is 0 Å². The molecule has 0 heterocycles. The molecule has 0 unspecified atom stereocenters. The molecule has 264 valence electrons. The van der Waals surface area contributed by atoms with Crippen molar-refractivity contribution in [3.63, 3.8) is 0 Å². The van der Waals surface area contributed by atoms with E-state index in [2.05, 4.69) is 43.5 Å². The molecule has 0 atom stereocenters. The quantitative estimate of drug-likeness (QED) is 0.0325. The molecule has 0 rings (SSSR count). The van der Waals surface area contributed by atoms with Gasteiger partial charge in [0.1, 0.15) is 0 Å². The predicted molar refractivity (Wildman–Crippen MR) is 193 cm³/mol. The lowest BCUT2D eigenvalue weighted by Gasteiger charge is -2.18. The zero-order valence-electron chi connectivity index (χ0n) is 30.2. The van der Waals surface area contributed by atoms with Crippen molar-refractivity contribution in [3.8, 4) is 0 Å². The SMILES string of the molecule is CCCCCCCCC=CCCCCCCCC(=O)OC(CCNC)OC(=O)CCCCCCCC=CCCCCCCCC. The Kier molecular flexibility index (Phi) is 35.5. The summed E-state index contributed by atoms with van der Waals surface area (Å²) in [5, 5.41) is 3.05. The third-order valence-electron chi connectivity index (χ3n) is 8.44. The van der Waals surface area contributed by atoms with Gasteiger partial charge in [-0.1, -0.05) is 141 Å². The molecule has 0 bridgehead atoms. The van der Waals surface area contributed by atoms with E-state index in [1.165, 1.54) is 116 Å². The molecule has 0 fully saturated rings. The number of rotatable bonds is 35. The molecule has 0 saturated carbocycles. The van der Waals surface area contributed by atoms with Crippen LogP contribution in [-0.2, 0) is 19.1 Å². The highest BCUT2D eigenvalue weighted by atomic mass is 16.7. The predicted octanol–water partition coefficient (Wildman–Crippen LogP) is 12.1. The average Bonchev–Trinajstić information content (AvgIpc) is 3.03. The van der Waals surface area contributed by atoms with Gasteiger partial charge in [0.2, 0.25) is 6.29 Å². The van der Waals surface area contributed by atoms with Crippen molar-refractivity contribution in [2.75, 3.05) is 13.6 Å². The van der Waals surface area contributed by atoms with Crippen molar-refractivity contribution in [2.24, 2.45) is 0 Å². The maximum absolute atomic E-state index is 12.4. The van der Waals surface area contributed by atoms with Gasteiger partial charge in [-0.2, -0.15) is 0 Å². The molecular formula is C40H75NO4. The van der Waals surface area contributed by atoms with Crippen LogP contribution in [0.4, 0.5) is 0 Å². The first-order chi connectivity index (χ1) is 22.1. The third-order valence-corrected chi connectivity index (χ3v) is 8.44. The highest BCUT2D eigenvalue weighted by Crippen LogP contribution is 2.14. The van der Waals surface area contributed by atoms with Crippen LogP contribution in [-0.4, -0.2) is 31.8 Å². The van der Waals surface area contributed by atoms with Crippen molar-refractivity contribution >= 4 is 11.9 Å². The van der Waals surface area contributed by atoms with Crippen molar-refractivity contribution < 1.29 is 19.1 Å². The van der Waals surface area contributed by atoms with E-state index in [4.69, 9.17) is 9.47 Å². The van der Waals surface area contributed by atoms with E-state index < -0.39 is 6.29 Å². The molecule has 0 radical (unpaired) electrons. The van der Waals surface area contributed by atoms with E-state index in [-0.39, 0.29) is 11.9 Å². The number of esters is 2. The first-order valence-electron chi connectivity index (χ1n) is 19.5. The molecule has 0 saturated heterocycles. The number of unbranched alkanes of at least 4 members (excludes halogenated alkanes) is 22. The molecule has 5 heteroatoms. The molecular weight excluding hydrogens is 558 g/mol. The summed E-state index contributed by atoms with van der Waals surface area (Å²) in [6.07, 6.45) is 41.8. The molecule has 0 aliphatic rings. The summed E-state index contributed by atoms with van der Waals surface area (Å²) in [5.74, 6) is -0.523. The lowest BCUT2D eigenvalue weighted by atomic mass is 10.1. The Morgan fingerprint density at radius 3 is 1.13 bits per heavy atom. The summed E-state index contributed by atoms with van der Waals surface area (Å²) in [7, 11) is 1.84. The van der Waals surface area contributed by atoms with Crippen LogP contribution in [0.15, 0.2) is 24.3 Å². The molecule has 1 N–H and O–H groups in total. The van der Waals surface area contributed by atoms with E-state index in [0.29, 0.717) is 25.8 Å². The van der Waals surface area contributed by atoms with Crippen LogP contribution in [0.5, 0.6) is 0 Å². The topological polar surface area (TPSA) is 64.6 Å².